The first kappa shape index (κ1) is 12.4. The summed E-state index contributed by atoms with van der Waals surface area (Å²) in [7, 11) is 0. The van der Waals surface area contributed by atoms with Gasteiger partial charge in [0, 0.05) is 10.3 Å². The molecule has 0 aromatic carbocycles. The summed E-state index contributed by atoms with van der Waals surface area (Å²) >= 11 is 1.62. The van der Waals surface area contributed by atoms with Crippen LogP contribution in [0.25, 0.3) is 6.08 Å². The highest BCUT2D eigenvalue weighted by Crippen LogP contribution is 2.32. The Bertz CT molecular complexity index is 312. The van der Waals surface area contributed by atoms with Crippen LogP contribution in [0.2, 0.25) is 0 Å². The quantitative estimate of drug-likeness (QED) is 0.640. The minimum Gasteiger partial charge on any atom is -0.193 e. The van der Waals surface area contributed by atoms with Crippen molar-refractivity contribution in [3.63, 3.8) is 0 Å². The lowest BCUT2D eigenvalue weighted by atomic mass is 9.85. The van der Waals surface area contributed by atoms with Crippen molar-refractivity contribution >= 4 is 17.6 Å². The Kier molecular flexibility index (Phi) is 4.52. The second-order valence-electron chi connectivity index (χ2n) is 4.66. The van der Waals surface area contributed by atoms with Crippen molar-refractivity contribution in [1.29, 1.82) is 0 Å². The predicted octanol–water partition coefficient (Wildman–Crippen LogP) is 4.64. The van der Waals surface area contributed by atoms with E-state index in [1.54, 1.807) is 11.5 Å². The Hall–Kier alpha value is -0.630. The second-order valence-corrected chi connectivity index (χ2v) is 5.47. The molecular weight excluding hydrogens is 202 g/mol. The van der Waals surface area contributed by atoms with Crippen molar-refractivity contribution in [2.45, 2.75) is 51.9 Å². The average Bonchev–Trinajstić information content (AvgIpc) is 2.66. The maximum absolute atomic E-state index is 4.35. The Morgan fingerprint density at radius 2 is 2.20 bits per heavy atom. The summed E-state index contributed by atoms with van der Waals surface area (Å²) in [6.07, 6.45) is 7.00. The Labute approximate surface area is 97.4 Å². The van der Waals surface area contributed by atoms with Gasteiger partial charge in [-0.15, -0.1) is 0 Å². The van der Waals surface area contributed by atoms with Gasteiger partial charge in [0.1, 0.15) is 0 Å². The van der Waals surface area contributed by atoms with Crippen molar-refractivity contribution in [2.75, 3.05) is 0 Å². The average molecular weight is 223 g/mol. The summed E-state index contributed by atoms with van der Waals surface area (Å²) in [5, 5.41) is 0. The van der Waals surface area contributed by atoms with E-state index < -0.39 is 0 Å². The summed E-state index contributed by atoms with van der Waals surface area (Å²) in [6.45, 7) is 10.6. The van der Waals surface area contributed by atoms with Crippen molar-refractivity contribution in [2.24, 2.45) is 0 Å². The molecule has 0 saturated heterocycles. The zero-order valence-corrected chi connectivity index (χ0v) is 10.9. The van der Waals surface area contributed by atoms with Gasteiger partial charge in [-0.2, -0.15) is 4.37 Å². The lowest BCUT2D eigenvalue weighted by Crippen LogP contribution is -2.14. The van der Waals surface area contributed by atoms with Crippen LogP contribution in [0.3, 0.4) is 0 Å². The minimum atomic E-state index is 0.272. The Morgan fingerprint density at radius 1 is 1.47 bits per heavy atom. The SMILES string of the molecule is C=Cc1cc(C(C)(C)CCCCC)sn1. The van der Waals surface area contributed by atoms with E-state index in [2.05, 4.69) is 37.8 Å². The summed E-state index contributed by atoms with van der Waals surface area (Å²) in [4.78, 5) is 1.38. The lowest BCUT2D eigenvalue weighted by molar-refractivity contribution is 0.458. The lowest BCUT2D eigenvalue weighted by Gasteiger charge is -2.22. The molecule has 0 spiro atoms. The third kappa shape index (κ3) is 3.45. The molecule has 0 amide bonds. The summed E-state index contributed by atoms with van der Waals surface area (Å²) in [6, 6.07) is 2.17. The second kappa shape index (κ2) is 5.45. The van der Waals surface area contributed by atoms with Crippen molar-refractivity contribution in [1.82, 2.24) is 4.37 Å². The standard InChI is InChI=1S/C13H21NS/c1-5-7-8-9-13(3,4)12-10-11(6-2)14-15-12/h6,10H,2,5,7-9H2,1,3-4H3. The van der Waals surface area contributed by atoms with E-state index in [0.717, 1.165) is 5.69 Å². The van der Waals surface area contributed by atoms with Crippen LogP contribution < -0.4 is 0 Å². The zero-order valence-electron chi connectivity index (χ0n) is 10.0. The van der Waals surface area contributed by atoms with Crippen LogP contribution >= 0.6 is 11.5 Å². The highest BCUT2D eigenvalue weighted by Gasteiger charge is 2.22. The van der Waals surface area contributed by atoms with Gasteiger partial charge in [-0.1, -0.05) is 46.6 Å². The zero-order chi connectivity index (χ0) is 11.3. The normalized spacial score (nSPS) is 11.7. The smallest absolute Gasteiger partial charge is 0.0765 e. The molecular formula is C13H21NS. The Morgan fingerprint density at radius 3 is 2.73 bits per heavy atom. The largest absolute Gasteiger partial charge is 0.193 e. The fourth-order valence-corrected chi connectivity index (χ4v) is 2.50. The molecule has 1 aromatic rings. The van der Waals surface area contributed by atoms with Gasteiger partial charge >= 0.3 is 0 Å². The third-order valence-corrected chi connectivity index (χ3v) is 3.98. The molecule has 0 fully saturated rings. The molecule has 0 N–H and O–H groups in total. The van der Waals surface area contributed by atoms with Gasteiger partial charge < -0.3 is 0 Å². The summed E-state index contributed by atoms with van der Waals surface area (Å²) < 4.78 is 4.35. The molecule has 0 aliphatic rings. The van der Waals surface area contributed by atoms with Crippen molar-refractivity contribution in [3.05, 3.63) is 23.2 Å². The molecule has 1 nitrogen and oxygen atoms in total. The minimum absolute atomic E-state index is 0.272. The molecule has 0 radical (unpaired) electrons. The highest BCUT2D eigenvalue weighted by molar-refractivity contribution is 7.06. The van der Waals surface area contributed by atoms with E-state index >= 15 is 0 Å². The summed E-state index contributed by atoms with van der Waals surface area (Å²) in [5.41, 5.74) is 1.28. The molecule has 84 valence electrons. The number of rotatable bonds is 6. The van der Waals surface area contributed by atoms with Crippen molar-refractivity contribution in [3.8, 4) is 0 Å². The fraction of sp³-hybridized carbons (Fsp3) is 0.615. The first-order valence-corrected chi connectivity index (χ1v) is 6.47. The Balaban J connectivity index is 2.63. The van der Waals surface area contributed by atoms with Crippen LogP contribution in [-0.2, 0) is 5.41 Å². The van der Waals surface area contributed by atoms with E-state index in [1.807, 2.05) is 6.08 Å². The number of hydrogen-bond donors (Lipinski definition) is 0. The maximum Gasteiger partial charge on any atom is 0.0765 e. The van der Waals surface area contributed by atoms with Crippen LogP contribution in [0.5, 0.6) is 0 Å². The van der Waals surface area contributed by atoms with Crippen LogP contribution in [0, 0.1) is 0 Å². The number of aromatic nitrogens is 1. The van der Waals surface area contributed by atoms with Crippen LogP contribution in [0.1, 0.15) is 57.0 Å². The first-order chi connectivity index (χ1) is 7.10. The van der Waals surface area contributed by atoms with E-state index in [4.69, 9.17) is 0 Å². The van der Waals surface area contributed by atoms with Gasteiger partial charge in [-0.3, -0.25) is 0 Å². The van der Waals surface area contributed by atoms with Gasteiger partial charge in [0.25, 0.3) is 0 Å². The molecule has 0 unspecified atom stereocenters. The van der Waals surface area contributed by atoms with E-state index in [1.165, 1.54) is 30.6 Å². The summed E-state index contributed by atoms with van der Waals surface area (Å²) in [5.74, 6) is 0. The molecule has 0 aliphatic carbocycles. The van der Waals surface area contributed by atoms with Crippen molar-refractivity contribution < 1.29 is 0 Å². The van der Waals surface area contributed by atoms with E-state index in [0.29, 0.717) is 0 Å². The van der Waals surface area contributed by atoms with Gasteiger partial charge in [-0.25, -0.2) is 0 Å². The molecule has 1 heterocycles. The van der Waals surface area contributed by atoms with Gasteiger partial charge in [0.2, 0.25) is 0 Å². The number of unbranched alkanes of at least 4 members (excludes halogenated alkanes) is 2. The fourth-order valence-electron chi connectivity index (χ4n) is 1.64. The molecule has 15 heavy (non-hydrogen) atoms. The number of hydrogen-bond acceptors (Lipinski definition) is 2. The topological polar surface area (TPSA) is 12.9 Å². The maximum atomic E-state index is 4.35. The van der Waals surface area contributed by atoms with Gasteiger partial charge in [0.15, 0.2) is 0 Å². The molecule has 0 atom stereocenters. The molecule has 0 bridgehead atoms. The van der Waals surface area contributed by atoms with Gasteiger partial charge in [0.05, 0.1) is 5.69 Å². The molecule has 1 rings (SSSR count). The highest BCUT2D eigenvalue weighted by atomic mass is 32.1. The van der Waals surface area contributed by atoms with Crippen LogP contribution in [0.15, 0.2) is 12.6 Å². The molecule has 0 aliphatic heterocycles. The third-order valence-electron chi connectivity index (χ3n) is 2.81. The van der Waals surface area contributed by atoms with Crippen LogP contribution in [0.4, 0.5) is 0 Å². The van der Waals surface area contributed by atoms with Gasteiger partial charge in [-0.05, 0) is 30.1 Å². The molecule has 2 heteroatoms. The molecule has 1 aromatic heterocycles. The van der Waals surface area contributed by atoms with Crippen LogP contribution in [-0.4, -0.2) is 4.37 Å². The first-order valence-electron chi connectivity index (χ1n) is 5.70. The monoisotopic (exact) mass is 223 g/mol. The van der Waals surface area contributed by atoms with E-state index in [9.17, 15) is 0 Å². The predicted molar refractivity (Wildman–Crippen MR) is 69.4 cm³/mol. The number of nitrogens with zero attached hydrogens (tertiary/aromatic N) is 1. The molecule has 0 saturated carbocycles. The van der Waals surface area contributed by atoms with E-state index in [-0.39, 0.29) is 5.41 Å².